The van der Waals surface area contributed by atoms with E-state index in [1.54, 1.807) is 4.57 Å². The van der Waals surface area contributed by atoms with Crippen LogP contribution in [0.3, 0.4) is 0 Å². The number of aryl methyl sites for hydroxylation is 1. The van der Waals surface area contributed by atoms with Crippen LogP contribution in [0.5, 0.6) is 0 Å². The number of nitrogens with two attached hydrogens (primary N) is 1. The van der Waals surface area contributed by atoms with Crippen LogP contribution in [0.2, 0.25) is 0 Å². The van der Waals surface area contributed by atoms with Crippen LogP contribution < -0.4 is 5.73 Å². The molecule has 0 bridgehead atoms. The Hall–Kier alpha value is -1.76. The standard InChI is InChI=1S/C10H10F2N4S/c11-7-3-6(4-8(12)5-7)1-2-16-9(13)14-15-10(16)17/h3-5H,1-2H2,(H2,13,14)(H,15,17). The Morgan fingerprint density at radius 2 is 1.94 bits per heavy atom. The summed E-state index contributed by atoms with van der Waals surface area (Å²) < 4.78 is 27.8. The van der Waals surface area contributed by atoms with Gasteiger partial charge in [-0.15, -0.1) is 5.10 Å². The minimum atomic E-state index is -0.594. The fourth-order valence-electron chi connectivity index (χ4n) is 1.54. The lowest BCUT2D eigenvalue weighted by Crippen LogP contribution is -2.06. The van der Waals surface area contributed by atoms with E-state index >= 15 is 0 Å². The predicted molar refractivity (Wildman–Crippen MR) is 61.9 cm³/mol. The van der Waals surface area contributed by atoms with Gasteiger partial charge in [-0.3, -0.25) is 4.57 Å². The lowest BCUT2D eigenvalue weighted by atomic mass is 10.1. The molecule has 2 aromatic rings. The highest BCUT2D eigenvalue weighted by atomic mass is 32.1. The molecule has 1 aromatic carbocycles. The summed E-state index contributed by atoms with van der Waals surface area (Å²) in [7, 11) is 0. The van der Waals surface area contributed by atoms with E-state index in [4.69, 9.17) is 18.0 Å². The Balaban J connectivity index is 2.15. The smallest absolute Gasteiger partial charge is 0.220 e. The van der Waals surface area contributed by atoms with Gasteiger partial charge >= 0.3 is 0 Å². The zero-order chi connectivity index (χ0) is 12.4. The number of nitrogens with one attached hydrogen (secondary N) is 1. The summed E-state index contributed by atoms with van der Waals surface area (Å²) in [6, 6.07) is 3.40. The van der Waals surface area contributed by atoms with Gasteiger partial charge in [-0.2, -0.15) is 0 Å². The summed E-state index contributed by atoms with van der Waals surface area (Å²) in [5, 5.41) is 6.28. The number of hydrogen-bond acceptors (Lipinski definition) is 3. The van der Waals surface area contributed by atoms with Crippen molar-refractivity contribution in [2.75, 3.05) is 5.73 Å². The molecule has 90 valence electrons. The van der Waals surface area contributed by atoms with Gasteiger partial charge in [-0.1, -0.05) is 0 Å². The third-order valence-corrected chi connectivity index (χ3v) is 2.65. The Morgan fingerprint density at radius 3 is 2.47 bits per heavy atom. The van der Waals surface area contributed by atoms with Crippen LogP contribution >= 0.6 is 12.2 Å². The third kappa shape index (κ3) is 2.68. The molecule has 1 aromatic heterocycles. The van der Waals surface area contributed by atoms with Crippen LogP contribution in [0.25, 0.3) is 0 Å². The zero-order valence-electron chi connectivity index (χ0n) is 8.78. The van der Waals surface area contributed by atoms with E-state index in [1.807, 2.05) is 0 Å². The molecule has 0 spiro atoms. The minimum absolute atomic E-state index is 0.256. The fourth-order valence-corrected chi connectivity index (χ4v) is 1.77. The first-order valence-electron chi connectivity index (χ1n) is 4.92. The van der Waals surface area contributed by atoms with Crippen molar-refractivity contribution in [1.82, 2.24) is 14.8 Å². The summed E-state index contributed by atoms with van der Waals surface area (Å²) in [5.41, 5.74) is 6.12. The van der Waals surface area contributed by atoms with Crippen molar-refractivity contribution in [3.63, 3.8) is 0 Å². The number of H-pyrrole nitrogens is 1. The average molecular weight is 256 g/mol. The highest BCUT2D eigenvalue weighted by Crippen LogP contribution is 2.10. The highest BCUT2D eigenvalue weighted by Gasteiger charge is 2.04. The molecule has 0 aliphatic heterocycles. The first-order chi connectivity index (χ1) is 8.06. The molecule has 3 N–H and O–H groups in total. The van der Waals surface area contributed by atoms with E-state index in [-0.39, 0.29) is 5.95 Å². The van der Waals surface area contributed by atoms with Crippen molar-refractivity contribution in [3.05, 3.63) is 40.2 Å². The Labute approximate surface area is 101 Å². The van der Waals surface area contributed by atoms with Crippen LogP contribution in [-0.4, -0.2) is 14.8 Å². The van der Waals surface area contributed by atoms with Gasteiger partial charge in [0.25, 0.3) is 0 Å². The Kier molecular flexibility index (Phi) is 3.19. The largest absolute Gasteiger partial charge is 0.368 e. The summed E-state index contributed by atoms with van der Waals surface area (Å²) in [6.07, 6.45) is 0.423. The monoisotopic (exact) mass is 256 g/mol. The molecule has 0 aliphatic rings. The van der Waals surface area contributed by atoms with Gasteiger partial charge in [0, 0.05) is 12.6 Å². The first kappa shape index (κ1) is 11.7. The lowest BCUT2D eigenvalue weighted by molar-refractivity contribution is 0.576. The highest BCUT2D eigenvalue weighted by molar-refractivity contribution is 7.71. The van der Waals surface area contributed by atoms with Crippen LogP contribution in [0.15, 0.2) is 18.2 Å². The van der Waals surface area contributed by atoms with Gasteiger partial charge in [0.15, 0.2) is 4.77 Å². The van der Waals surface area contributed by atoms with Crippen LogP contribution in [0, 0.1) is 16.4 Å². The average Bonchev–Trinajstić information content (AvgIpc) is 2.55. The molecule has 0 amide bonds. The number of rotatable bonds is 3. The Morgan fingerprint density at radius 1 is 1.29 bits per heavy atom. The molecule has 0 saturated heterocycles. The van der Waals surface area contributed by atoms with E-state index in [0.717, 1.165) is 6.07 Å². The normalized spacial score (nSPS) is 10.7. The van der Waals surface area contributed by atoms with Gasteiger partial charge in [-0.25, -0.2) is 13.9 Å². The molecule has 7 heteroatoms. The first-order valence-corrected chi connectivity index (χ1v) is 5.33. The van der Waals surface area contributed by atoms with Crippen molar-refractivity contribution >= 4 is 18.2 Å². The number of nitrogens with zero attached hydrogens (tertiary/aromatic N) is 2. The molecule has 0 fully saturated rings. The van der Waals surface area contributed by atoms with Crippen molar-refractivity contribution in [1.29, 1.82) is 0 Å². The zero-order valence-corrected chi connectivity index (χ0v) is 9.60. The number of nitrogen functional groups attached to an aromatic ring is 1. The Bertz CT molecular complexity index is 570. The second kappa shape index (κ2) is 4.62. The fraction of sp³-hybridized carbons (Fsp3) is 0.200. The van der Waals surface area contributed by atoms with Gasteiger partial charge in [0.05, 0.1) is 0 Å². The molecule has 4 nitrogen and oxygen atoms in total. The van der Waals surface area contributed by atoms with Gasteiger partial charge < -0.3 is 5.73 Å². The number of aromatic amines is 1. The van der Waals surface area contributed by atoms with Crippen LogP contribution in [0.4, 0.5) is 14.7 Å². The lowest BCUT2D eigenvalue weighted by Gasteiger charge is -2.04. The molecule has 0 saturated carbocycles. The topological polar surface area (TPSA) is 59.6 Å². The number of anilines is 1. The van der Waals surface area contributed by atoms with Crippen molar-refractivity contribution in [2.24, 2.45) is 0 Å². The van der Waals surface area contributed by atoms with Gasteiger partial charge in [0.2, 0.25) is 5.95 Å². The van der Waals surface area contributed by atoms with Gasteiger partial charge in [-0.05, 0) is 36.3 Å². The number of benzene rings is 1. The van der Waals surface area contributed by atoms with Crippen molar-refractivity contribution in [2.45, 2.75) is 13.0 Å². The number of aromatic nitrogens is 3. The number of halogens is 2. The van der Waals surface area contributed by atoms with Crippen LogP contribution in [-0.2, 0) is 13.0 Å². The minimum Gasteiger partial charge on any atom is -0.368 e. The molecule has 17 heavy (non-hydrogen) atoms. The van der Waals surface area contributed by atoms with Crippen molar-refractivity contribution < 1.29 is 8.78 Å². The third-order valence-electron chi connectivity index (χ3n) is 2.33. The molecule has 1 heterocycles. The molecular formula is C10H10F2N4S. The molecule has 0 radical (unpaired) electrons. The van der Waals surface area contributed by atoms with E-state index in [0.29, 0.717) is 23.3 Å². The molecular weight excluding hydrogens is 246 g/mol. The maximum atomic E-state index is 12.9. The molecule has 0 aliphatic carbocycles. The van der Waals surface area contributed by atoms with Gasteiger partial charge in [0.1, 0.15) is 11.6 Å². The predicted octanol–water partition coefficient (Wildman–Crippen LogP) is 2.04. The van der Waals surface area contributed by atoms with Crippen molar-refractivity contribution in [3.8, 4) is 0 Å². The molecule has 2 rings (SSSR count). The van der Waals surface area contributed by atoms with E-state index < -0.39 is 11.6 Å². The summed E-state index contributed by atoms with van der Waals surface area (Å²) in [4.78, 5) is 0. The summed E-state index contributed by atoms with van der Waals surface area (Å²) in [6.45, 7) is 0.421. The van der Waals surface area contributed by atoms with E-state index in [1.165, 1.54) is 12.1 Å². The second-order valence-electron chi connectivity index (χ2n) is 3.57. The quantitative estimate of drug-likeness (QED) is 0.826. The molecule has 0 unspecified atom stereocenters. The van der Waals surface area contributed by atoms with E-state index in [2.05, 4.69) is 10.2 Å². The maximum Gasteiger partial charge on any atom is 0.220 e. The summed E-state index contributed by atoms with van der Waals surface area (Å²) in [5.74, 6) is -0.931. The summed E-state index contributed by atoms with van der Waals surface area (Å²) >= 11 is 4.96. The van der Waals surface area contributed by atoms with Crippen LogP contribution in [0.1, 0.15) is 5.56 Å². The second-order valence-corrected chi connectivity index (χ2v) is 3.95. The SMILES string of the molecule is Nc1n[nH]c(=S)n1CCc1cc(F)cc(F)c1. The maximum absolute atomic E-state index is 12.9. The van der Waals surface area contributed by atoms with E-state index in [9.17, 15) is 8.78 Å². The molecule has 0 atom stereocenters. The number of hydrogen-bond donors (Lipinski definition) is 2.